The number of carbonyl (C=O) groups is 1. The van der Waals surface area contributed by atoms with Gasteiger partial charge in [0.2, 0.25) is 0 Å². The lowest BCUT2D eigenvalue weighted by Crippen LogP contribution is -2.11. The van der Waals surface area contributed by atoms with Crippen LogP contribution in [0.4, 0.5) is 0 Å². The van der Waals surface area contributed by atoms with E-state index in [2.05, 4.69) is 37.9 Å². The Labute approximate surface area is 144 Å². The van der Waals surface area contributed by atoms with Gasteiger partial charge >= 0.3 is 0 Å². The number of nitrogens with one attached hydrogen (secondary N) is 1. The Balaban J connectivity index is 1.86. The van der Waals surface area contributed by atoms with Crippen LogP contribution in [-0.4, -0.2) is 15.8 Å². The fraction of sp³-hybridized carbons (Fsp3) is 0.278. The molecule has 3 rings (SSSR count). The Morgan fingerprint density at radius 2 is 1.91 bits per heavy atom. The molecule has 1 unspecified atom stereocenters. The molecule has 0 spiro atoms. The van der Waals surface area contributed by atoms with Crippen molar-refractivity contribution in [3.05, 3.63) is 56.9 Å². The lowest BCUT2D eigenvalue weighted by molar-refractivity contribution is -0.114. The fourth-order valence-electron chi connectivity index (χ4n) is 2.42. The Kier molecular flexibility index (Phi) is 4.25. The molecule has 0 aliphatic carbocycles. The van der Waals surface area contributed by atoms with Crippen molar-refractivity contribution in [2.75, 3.05) is 0 Å². The molecule has 5 heteroatoms. The van der Waals surface area contributed by atoms with Crippen molar-refractivity contribution in [1.82, 2.24) is 4.98 Å². The number of Topliss-reactive ketones (excluding diaryl/α,β-unsaturated/α-hetero) is 1. The van der Waals surface area contributed by atoms with Crippen LogP contribution in [0.25, 0.3) is 6.08 Å². The van der Waals surface area contributed by atoms with Crippen LogP contribution in [0, 0.1) is 5.41 Å². The van der Waals surface area contributed by atoms with Gasteiger partial charge in [0.15, 0.2) is 5.78 Å². The van der Waals surface area contributed by atoms with E-state index in [0.29, 0.717) is 15.0 Å². The first-order valence-corrected chi connectivity index (χ1v) is 9.08. The van der Waals surface area contributed by atoms with Crippen LogP contribution in [0.15, 0.2) is 40.7 Å². The third-order valence-corrected chi connectivity index (χ3v) is 5.59. The molecule has 1 saturated heterocycles. The van der Waals surface area contributed by atoms with Crippen molar-refractivity contribution < 1.29 is 4.79 Å². The average molecular weight is 342 g/mol. The van der Waals surface area contributed by atoms with E-state index in [1.54, 1.807) is 6.20 Å². The number of nitrogens with zero attached hydrogens (tertiary/aromatic N) is 1. The van der Waals surface area contributed by atoms with Gasteiger partial charge < -0.3 is 0 Å². The van der Waals surface area contributed by atoms with E-state index in [4.69, 9.17) is 5.41 Å². The number of ketones is 1. The second-order valence-electron chi connectivity index (χ2n) is 6.51. The van der Waals surface area contributed by atoms with Crippen molar-refractivity contribution in [1.29, 1.82) is 5.41 Å². The van der Waals surface area contributed by atoms with Crippen molar-refractivity contribution in [2.45, 2.75) is 32.1 Å². The normalized spacial score (nSPS) is 20.5. The molecule has 0 radical (unpaired) electrons. The summed E-state index contributed by atoms with van der Waals surface area (Å²) in [5, 5.41) is 11.0. The van der Waals surface area contributed by atoms with E-state index in [0.717, 1.165) is 5.56 Å². The lowest BCUT2D eigenvalue weighted by atomic mass is 9.86. The number of thiazole rings is 1. The molecule has 118 valence electrons. The molecule has 1 aromatic carbocycles. The maximum absolute atomic E-state index is 12.6. The van der Waals surface area contributed by atoms with Crippen molar-refractivity contribution in [2.24, 2.45) is 0 Å². The molecule has 1 aromatic heterocycles. The zero-order valence-corrected chi connectivity index (χ0v) is 14.9. The van der Waals surface area contributed by atoms with Crippen LogP contribution in [0.1, 0.15) is 42.8 Å². The zero-order valence-electron chi connectivity index (χ0n) is 13.3. The predicted molar refractivity (Wildman–Crippen MR) is 98.3 cm³/mol. The topological polar surface area (TPSA) is 53.8 Å². The molecule has 0 saturated carbocycles. The number of carbonyl (C=O) groups excluding carboxylic acids is 1. The van der Waals surface area contributed by atoms with E-state index in [1.165, 1.54) is 28.7 Å². The smallest absolute Gasteiger partial charge is 0.186 e. The van der Waals surface area contributed by atoms with Crippen molar-refractivity contribution in [3.63, 3.8) is 0 Å². The molecule has 1 atom stereocenters. The van der Waals surface area contributed by atoms with Crippen molar-refractivity contribution in [3.8, 4) is 0 Å². The average Bonchev–Trinajstić information content (AvgIpc) is 3.08. The van der Waals surface area contributed by atoms with Crippen molar-refractivity contribution >= 4 is 40.0 Å². The molecular formula is C18H18N2OS2. The SMILES string of the molecule is CC(C)(C)c1ccc(C=C2SC(=N)C(c3nccs3)C2=O)cc1. The maximum Gasteiger partial charge on any atom is 0.186 e. The third kappa shape index (κ3) is 3.31. The molecular weight excluding hydrogens is 324 g/mol. The summed E-state index contributed by atoms with van der Waals surface area (Å²) < 4.78 is 0. The summed E-state index contributed by atoms with van der Waals surface area (Å²) in [7, 11) is 0. The number of thioether (sulfide) groups is 1. The lowest BCUT2D eigenvalue weighted by Gasteiger charge is -2.18. The quantitative estimate of drug-likeness (QED) is 0.793. The maximum atomic E-state index is 12.6. The third-order valence-electron chi connectivity index (χ3n) is 3.76. The summed E-state index contributed by atoms with van der Waals surface area (Å²) in [6, 6.07) is 8.25. The minimum Gasteiger partial charge on any atom is -0.297 e. The molecule has 2 heterocycles. The van der Waals surface area contributed by atoms with Gasteiger partial charge in [-0.05, 0) is 22.6 Å². The van der Waals surface area contributed by atoms with Gasteiger partial charge in [0.1, 0.15) is 10.9 Å². The number of rotatable bonds is 2. The molecule has 1 aliphatic heterocycles. The minimum atomic E-state index is -0.514. The highest BCUT2D eigenvalue weighted by atomic mass is 32.2. The first kappa shape index (κ1) is 16.1. The first-order valence-electron chi connectivity index (χ1n) is 7.38. The van der Waals surface area contributed by atoms with Gasteiger partial charge in [-0.25, -0.2) is 4.98 Å². The van der Waals surface area contributed by atoms with E-state index in [1.807, 2.05) is 23.6 Å². The molecule has 0 bridgehead atoms. The summed E-state index contributed by atoms with van der Waals surface area (Å²) in [6.45, 7) is 6.53. The molecule has 3 nitrogen and oxygen atoms in total. The Morgan fingerprint density at radius 3 is 2.48 bits per heavy atom. The first-order chi connectivity index (χ1) is 10.9. The van der Waals surface area contributed by atoms with Gasteiger partial charge in [0.05, 0.1) is 9.95 Å². The predicted octanol–water partition coefficient (Wildman–Crippen LogP) is 4.86. The van der Waals surface area contributed by atoms with Crippen LogP contribution in [-0.2, 0) is 10.2 Å². The Hall–Kier alpha value is -1.72. The number of hydrogen-bond donors (Lipinski definition) is 1. The molecule has 1 aliphatic rings. The van der Waals surface area contributed by atoms with Gasteiger partial charge in [0, 0.05) is 11.6 Å². The Morgan fingerprint density at radius 1 is 1.22 bits per heavy atom. The number of aromatic nitrogens is 1. The summed E-state index contributed by atoms with van der Waals surface area (Å²) in [4.78, 5) is 17.4. The van der Waals surface area contributed by atoms with E-state index < -0.39 is 5.92 Å². The number of allylic oxidation sites excluding steroid dienone is 1. The Bertz CT molecular complexity index is 768. The minimum absolute atomic E-state index is 0.0187. The molecule has 2 aromatic rings. The largest absolute Gasteiger partial charge is 0.297 e. The molecule has 23 heavy (non-hydrogen) atoms. The molecule has 0 amide bonds. The van der Waals surface area contributed by atoms with Crippen LogP contribution in [0.3, 0.4) is 0 Å². The van der Waals surface area contributed by atoms with Crippen LogP contribution >= 0.6 is 23.1 Å². The summed E-state index contributed by atoms with van der Waals surface area (Å²) in [6.07, 6.45) is 3.56. The van der Waals surface area contributed by atoms with Gasteiger partial charge in [-0.1, -0.05) is 56.8 Å². The summed E-state index contributed by atoms with van der Waals surface area (Å²) in [5.41, 5.74) is 2.36. The van der Waals surface area contributed by atoms with Crippen LogP contribution < -0.4 is 0 Å². The standard InChI is InChI=1S/C18H18N2OS2/c1-18(2,3)12-6-4-11(5-7-12)10-13-15(21)14(16(19)23-13)17-20-8-9-22-17/h4-10,14,19H,1-3H3. The van der Waals surface area contributed by atoms with Gasteiger partial charge in [-0.15, -0.1) is 11.3 Å². The van der Waals surface area contributed by atoms with E-state index in [9.17, 15) is 4.79 Å². The number of benzene rings is 1. The fourth-order valence-corrected chi connectivity index (χ4v) is 4.23. The summed E-state index contributed by atoms with van der Waals surface area (Å²) in [5.74, 6) is -0.532. The summed E-state index contributed by atoms with van der Waals surface area (Å²) >= 11 is 2.67. The van der Waals surface area contributed by atoms with Gasteiger partial charge in [-0.3, -0.25) is 10.2 Å². The van der Waals surface area contributed by atoms with Gasteiger partial charge in [0.25, 0.3) is 0 Å². The number of hydrogen-bond acceptors (Lipinski definition) is 5. The monoisotopic (exact) mass is 342 g/mol. The van der Waals surface area contributed by atoms with Crippen LogP contribution in [0.2, 0.25) is 0 Å². The molecule has 1 N–H and O–H groups in total. The second-order valence-corrected chi connectivity index (χ2v) is 8.52. The van der Waals surface area contributed by atoms with E-state index >= 15 is 0 Å². The second kappa shape index (κ2) is 6.06. The van der Waals surface area contributed by atoms with Gasteiger partial charge in [-0.2, -0.15) is 0 Å². The highest BCUT2D eigenvalue weighted by Gasteiger charge is 2.38. The highest BCUT2D eigenvalue weighted by molar-refractivity contribution is 8.19. The van der Waals surface area contributed by atoms with Crippen LogP contribution in [0.5, 0.6) is 0 Å². The van der Waals surface area contributed by atoms with E-state index in [-0.39, 0.29) is 11.2 Å². The molecule has 1 fully saturated rings. The highest BCUT2D eigenvalue weighted by Crippen LogP contribution is 2.41. The zero-order chi connectivity index (χ0) is 16.6.